The molecule has 0 aliphatic carbocycles. The molecule has 1 unspecified atom stereocenters. The Morgan fingerprint density at radius 2 is 1.83 bits per heavy atom. The zero-order chi connectivity index (χ0) is 21.0. The predicted octanol–water partition coefficient (Wildman–Crippen LogP) is 1.75. The van der Waals surface area contributed by atoms with Crippen molar-refractivity contribution >= 4 is 15.9 Å². The number of rotatable bonds is 7. The number of amides is 1. The van der Waals surface area contributed by atoms with Crippen molar-refractivity contribution in [1.29, 1.82) is 0 Å². The van der Waals surface area contributed by atoms with Crippen LogP contribution >= 0.6 is 0 Å². The number of morpholine rings is 1. The number of hydrogen-bond acceptors (Lipinski definition) is 5. The maximum Gasteiger partial charge on any atom is 0.243 e. The van der Waals surface area contributed by atoms with Crippen molar-refractivity contribution < 1.29 is 17.9 Å². The summed E-state index contributed by atoms with van der Waals surface area (Å²) in [4.78, 5) is 16.7. The van der Waals surface area contributed by atoms with E-state index < -0.39 is 10.0 Å². The van der Waals surface area contributed by atoms with Crippen LogP contribution in [0, 0.1) is 0 Å². The monoisotopic (exact) mass is 423 g/mol. The van der Waals surface area contributed by atoms with Crippen LogP contribution in [0.2, 0.25) is 0 Å². The van der Waals surface area contributed by atoms with Crippen LogP contribution < -0.4 is 0 Å². The quantitative estimate of drug-likeness (QED) is 0.668. The topological polar surface area (TPSA) is 70.2 Å². The van der Waals surface area contributed by atoms with Gasteiger partial charge in [0.05, 0.1) is 18.1 Å². The normalized spacial score (nSPS) is 21.6. The van der Waals surface area contributed by atoms with Gasteiger partial charge in [0.25, 0.3) is 0 Å². The number of sulfonamides is 1. The Bertz CT molecular complexity index is 789. The molecule has 0 radical (unpaired) electrons. The van der Waals surface area contributed by atoms with Crippen LogP contribution in [0.1, 0.15) is 38.7 Å². The molecule has 2 saturated heterocycles. The minimum atomic E-state index is -3.54. The second kappa shape index (κ2) is 9.55. The maximum atomic E-state index is 13.1. The molecule has 0 aromatic heterocycles. The van der Waals surface area contributed by atoms with E-state index >= 15 is 0 Å². The van der Waals surface area contributed by atoms with Gasteiger partial charge in [-0.05, 0) is 30.0 Å². The SMILES string of the molecule is CC(=O)N(CCN1CCOCC1)C1CCN(S(=O)(=O)c2ccc(C(C)C)cc2)C1. The van der Waals surface area contributed by atoms with Gasteiger partial charge in [-0.25, -0.2) is 8.42 Å². The van der Waals surface area contributed by atoms with Crippen molar-refractivity contribution in [3.05, 3.63) is 29.8 Å². The molecular formula is C21H33N3O4S. The third-order valence-corrected chi connectivity index (χ3v) is 7.80. The van der Waals surface area contributed by atoms with Crippen LogP contribution in [-0.4, -0.2) is 87.0 Å². The van der Waals surface area contributed by atoms with Crippen LogP contribution in [0.4, 0.5) is 0 Å². The largest absolute Gasteiger partial charge is 0.379 e. The molecule has 29 heavy (non-hydrogen) atoms. The Labute approximate surface area is 174 Å². The molecule has 1 atom stereocenters. The number of carbonyl (C=O) groups is 1. The summed E-state index contributed by atoms with van der Waals surface area (Å²) in [5.74, 6) is 0.363. The van der Waals surface area contributed by atoms with E-state index in [0.29, 0.717) is 36.9 Å². The van der Waals surface area contributed by atoms with E-state index in [9.17, 15) is 13.2 Å². The standard InChI is InChI=1S/C21H33N3O4S/c1-17(2)19-4-6-21(7-5-19)29(26,27)23-9-8-20(16-23)24(18(3)25)11-10-22-12-14-28-15-13-22/h4-7,17,20H,8-16H2,1-3H3. The number of nitrogens with zero attached hydrogens (tertiary/aromatic N) is 3. The zero-order valence-corrected chi connectivity index (χ0v) is 18.5. The highest BCUT2D eigenvalue weighted by Gasteiger charge is 2.36. The molecule has 1 amide bonds. The molecule has 1 aromatic carbocycles. The van der Waals surface area contributed by atoms with Crippen molar-refractivity contribution in [2.24, 2.45) is 0 Å². The van der Waals surface area contributed by atoms with Crippen LogP contribution in [0.5, 0.6) is 0 Å². The fourth-order valence-electron chi connectivity index (χ4n) is 4.03. The van der Waals surface area contributed by atoms with Crippen LogP contribution in [0.15, 0.2) is 29.2 Å². The molecule has 0 spiro atoms. The van der Waals surface area contributed by atoms with E-state index in [1.165, 1.54) is 4.31 Å². The van der Waals surface area contributed by atoms with E-state index in [1.807, 2.05) is 17.0 Å². The first-order chi connectivity index (χ1) is 13.8. The highest BCUT2D eigenvalue weighted by atomic mass is 32.2. The van der Waals surface area contributed by atoms with Crippen molar-refractivity contribution in [1.82, 2.24) is 14.1 Å². The summed E-state index contributed by atoms with van der Waals surface area (Å²) in [5.41, 5.74) is 1.12. The molecule has 2 aliphatic heterocycles. The molecule has 8 heteroatoms. The van der Waals surface area contributed by atoms with Gasteiger partial charge in [0.15, 0.2) is 0 Å². The Kier molecular flexibility index (Phi) is 7.32. The average Bonchev–Trinajstić information content (AvgIpc) is 3.19. The first-order valence-electron chi connectivity index (χ1n) is 10.5. The lowest BCUT2D eigenvalue weighted by molar-refractivity contribution is -0.131. The van der Waals surface area contributed by atoms with E-state index in [4.69, 9.17) is 4.74 Å². The van der Waals surface area contributed by atoms with Gasteiger partial charge in [-0.15, -0.1) is 0 Å². The molecule has 3 rings (SSSR count). The van der Waals surface area contributed by atoms with Crippen molar-refractivity contribution in [2.45, 2.75) is 44.0 Å². The highest BCUT2D eigenvalue weighted by molar-refractivity contribution is 7.89. The number of ether oxygens (including phenoxy) is 1. The fourth-order valence-corrected chi connectivity index (χ4v) is 5.52. The Morgan fingerprint density at radius 3 is 2.41 bits per heavy atom. The predicted molar refractivity (Wildman–Crippen MR) is 112 cm³/mol. The van der Waals surface area contributed by atoms with E-state index in [-0.39, 0.29) is 11.9 Å². The summed E-state index contributed by atoms with van der Waals surface area (Å²) in [6.07, 6.45) is 0.673. The third-order valence-electron chi connectivity index (χ3n) is 5.92. The average molecular weight is 424 g/mol. The summed E-state index contributed by atoms with van der Waals surface area (Å²) in [6.45, 7) is 11.2. The molecule has 0 bridgehead atoms. The molecule has 7 nitrogen and oxygen atoms in total. The van der Waals surface area contributed by atoms with Crippen LogP contribution in [-0.2, 0) is 19.6 Å². The first kappa shape index (κ1) is 22.2. The lowest BCUT2D eigenvalue weighted by Crippen LogP contribution is -2.47. The fraction of sp³-hybridized carbons (Fsp3) is 0.667. The molecule has 0 N–H and O–H groups in total. The number of hydrogen-bond donors (Lipinski definition) is 0. The molecule has 2 heterocycles. The third kappa shape index (κ3) is 5.36. The molecular weight excluding hydrogens is 390 g/mol. The summed E-state index contributed by atoms with van der Waals surface area (Å²) in [7, 11) is -3.54. The Morgan fingerprint density at radius 1 is 1.17 bits per heavy atom. The number of benzene rings is 1. The van der Waals surface area contributed by atoms with Gasteiger partial charge in [0, 0.05) is 52.2 Å². The van der Waals surface area contributed by atoms with Crippen molar-refractivity contribution in [3.63, 3.8) is 0 Å². The second-order valence-corrected chi connectivity index (χ2v) is 10.1. The van der Waals surface area contributed by atoms with Gasteiger partial charge < -0.3 is 9.64 Å². The smallest absolute Gasteiger partial charge is 0.243 e. The highest BCUT2D eigenvalue weighted by Crippen LogP contribution is 2.25. The molecule has 1 aromatic rings. The molecule has 162 valence electrons. The molecule has 2 aliphatic rings. The van der Waals surface area contributed by atoms with Crippen molar-refractivity contribution in [2.75, 3.05) is 52.5 Å². The lowest BCUT2D eigenvalue weighted by Gasteiger charge is -2.32. The summed E-state index contributed by atoms with van der Waals surface area (Å²) in [6, 6.07) is 7.08. The second-order valence-electron chi connectivity index (χ2n) is 8.20. The summed E-state index contributed by atoms with van der Waals surface area (Å²) in [5, 5.41) is 0. The van der Waals surface area contributed by atoms with Gasteiger partial charge in [-0.3, -0.25) is 9.69 Å². The molecule has 0 saturated carbocycles. The van der Waals surface area contributed by atoms with Crippen LogP contribution in [0.3, 0.4) is 0 Å². The van der Waals surface area contributed by atoms with Crippen LogP contribution in [0.25, 0.3) is 0 Å². The summed E-state index contributed by atoms with van der Waals surface area (Å²) >= 11 is 0. The van der Waals surface area contributed by atoms with Gasteiger partial charge >= 0.3 is 0 Å². The number of carbonyl (C=O) groups excluding carboxylic acids is 1. The minimum Gasteiger partial charge on any atom is -0.379 e. The Balaban J connectivity index is 1.63. The Hall–Kier alpha value is -1.48. The maximum absolute atomic E-state index is 13.1. The zero-order valence-electron chi connectivity index (χ0n) is 17.7. The minimum absolute atomic E-state index is 0.00351. The first-order valence-corrected chi connectivity index (χ1v) is 11.9. The van der Waals surface area contributed by atoms with E-state index in [2.05, 4.69) is 18.7 Å². The van der Waals surface area contributed by atoms with Gasteiger partial charge in [0.1, 0.15) is 0 Å². The lowest BCUT2D eigenvalue weighted by atomic mass is 10.0. The van der Waals surface area contributed by atoms with Crippen molar-refractivity contribution in [3.8, 4) is 0 Å². The van der Waals surface area contributed by atoms with Gasteiger partial charge in [-0.1, -0.05) is 26.0 Å². The van der Waals surface area contributed by atoms with Gasteiger partial charge in [-0.2, -0.15) is 4.31 Å². The van der Waals surface area contributed by atoms with E-state index in [1.54, 1.807) is 19.1 Å². The summed E-state index contributed by atoms with van der Waals surface area (Å²) < 4.78 is 33.0. The van der Waals surface area contributed by atoms with E-state index in [0.717, 1.165) is 38.4 Å². The molecule has 2 fully saturated rings. The van der Waals surface area contributed by atoms with Gasteiger partial charge in [0.2, 0.25) is 15.9 Å².